The number of fused-ring (bicyclic) bond motifs is 5. The second-order valence-electron chi connectivity index (χ2n) is 12.1. The van der Waals surface area contributed by atoms with Gasteiger partial charge in [-0.2, -0.15) is 0 Å². The molecule has 1 heterocycles. The van der Waals surface area contributed by atoms with Crippen molar-refractivity contribution in [3.05, 3.63) is 47.5 Å². The minimum absolute atomic E-state index is 0.0141. The van der Waals surface area contributed by atoms with E-state index in [9.17, 15) is 54.6 Å². The SMILES string of the molecule is NC[C@@H](O)C[C@H]1NC(=O)[C@H](N)Cc2cc(ccc2O)-c2ccc(O)c(c2)[C@H](O)[C@H](C(=O)N[C@H](CCCN=C(N)N)C(=O)N[C@H](CO)C(=O)O)NC1=O. The summed E-state index contributed by atoms with van der Waals surface area (Å²) >= 11 is 0. The number of carboxylic acids is 1. The summed E-state index contributed by atoms with van der Waals surface area (Å²) in [6.07, 6.45) is -4.18. The number of hydrogen-bond donors (Lipinski definition) is 14. The first kappa shape index (κ1) is 40.9. The molecule has 0 saturated carbocycles. The highest BCUT2D eigenvalue weighted by Crippen LogP contribution is 2.34. The fourth-order valence-corrected chi connectivity index (χ4v) is 5.32. The number of aliphatic hydroxyl groups is 3. The van der Waals surface area contributed by atoms with Crippen LogP contribution in [0, 0.1) is 0 Å². The molecule has 1 aliphatic rings. The van der Waals surface area contributed by atoms with Crippen LogP contribution >= 0.6 is 0 Å². The van der Waals surface area contributed by atoms with Crippen LogP contribution in [0.2, 0.25) is 0 Å². The number of nitrogens with one attached hydrogen (secondary N) is 4. The van der Waals surface area contributed by atoms with Crippen LogP contribution in [-0.4, -0.2) is 122 Å². The lowest BCUT2D eigenvalue weighted by Gasteiger charge is -2.29. The Balaban J connectivity index is 2.13. The van der Waals surface area contributed by atoms with Crippen LogP contribution in [0.25, 0.3) is 11.1 Å². The van der Waals surface area contributed by atoms with Crippen molar-refractivity contribution in [1.29, 1.82) is 0 Å². The molecule has 20 nitrogen and oxygen atoms in total. The van der Waals surface area contributed by atoms with Gasteiger partial charge in [0, 0.05) is 31.5 Å². The third kappa shape index (κ3) is 11.0. The smallest absolute Gasteiger partial charge is 0.328 e. The second-order valence-corrected chi connectivity index (χ2v) is 12.1. The van der Waals surface area contributed by atoms with Crippen molar-refractivity contribution in [2.45, 2.75) is 68.1 Å². The summed E-state index contributed by atoms with van der Waals surface area (Å²) < 4.78 is 0. The number of nitrogens with zero attached hydrogens (tertiary/aromatic N) is 1. The average Bonchev–Trinajstić information content (AvgIpc) is 3.10. The first-order valence-electron chi connectivity index (χ1n) is 16.1. The number of hydrogen-bond acceptors (Lipinski definition) is 13. The van der Waals surface area contributed by atoms with Crippen LogP contribution < -0.4 is 44.2 Å². The number of carbonyl (C=O) groups excluding carboxylic acids is 4. The fraction of sp³-hybridized carbons (Fsp3) is 0.438. The Bertz CT molecular complexity index is 1650. The monoisotopic (exact) mass is 731 g/mol. The lowest BCUT2D eigenvalue weighted by Crippen LogP contribution is -2.60. The van der Waals surface area contributed by atoms with Gasteiger partial charge in [0.25, 0.3) is 0 Å². The molecule has 4 amide bonds. The lowest BCUT2D eigenvalue weighted by molar-refractivity contribution is -0.143. The van der Waals surface area contributed by atoms with E-state index in [1.54, 1.807) is 0 Å². The lowest BCUT2D eigenvalue weighted by atomic mass is 9.94. The number of phenols is 2. The van der Waals surface area contributed by atoms with Crippen molar-refractivity contribution in [2.24, 2.45) is 27.9 Å². The number of guanidine groups is 1. The van der Waals surface area contributed by atoms with E-state index >= 15 is 0 Å². The summed E-state index contributed by atoms with van der Waals surface area (Å²) in [6.45, 7) is -1.34. The molecule has 0 saturated heterocycles. The Morgan fingerprint density at radius 3 is 2.23 bits per heavy atom. The maximum Gasteiger partial charge on any atom is 0.328 e. The van der Waals surface area contributed by atoms with E-state index < -0.39 is 90.8 Å². The van der Waals surface area contributed by atoms with E-state index in [1.165, 1.54) is 36.4 Å². The highest BCUT2D eigenvalue weighted by Gasteiger charge is 2.37. The molecule has 284 valence electrons. The minimum atomic E-state index is -2.04. The third-order valence-electron chi connectivity index (χ3n) is 8.22. The first-order valence-corrected chi connectivity index (χ1v) is 16.1. The maximum atomic E-state index is 14.0. The normalized spacial score (nSPS) is 20.8. The summed E-state index contributed by atoms with van der Waals surface area (Å²) in [5, 5.41) is 71.3. The Hall–Kier alpha value is -5.54. The van der Waals surface area contributed by atoms with Gasteiger partial charge in [-0.1, -0.05) is 12.1 Å². The van der Waals surface area contributed by atoms with Crippen LogP contribution in [0.15, 0.2) is 41.4 Å². The molecule has 4 bridgehead atoms. The van der Waals surface area contributed by atoms with Crippen molar-refractivity contribution in [3.63, 3.8) is 0 Å². The van der Waals surface area contributed by atoms with Gasteiger partial charge in [0.15, 0.2) is 5.96 Å². The molecule has 0 aromatic heterocycles. The van der Waals surface area contributed by atoms with Crippen molar-refractivity contribution in [1.82, 2.24) is 21.3 Å². The minimum Gasteiger partial charge on any atom is -0.508 e. The molecule has 7 atom stereocenters. The number of benzene rings is 2. The molecule has 52 heavy (non-hydrogen) atoms. The first-order chi connectivity index (χ1) is 24.6. The third-order valence-corrected chi connectivity index (χ3v) is 8.22. The predicted molar refractivity (Wildman–Crippen MR) is 184 cm³/mol. The molecule has 3 rings (SSSR count). The van der Waals surface area contributed by atoms with Crippen molar-refractivity contribution >= 4 is 35.6 Å². The fourth-order valence-electron chi connectivity index (χ4n) is 5.32. The Kier molecular flexibility index (Phi) is 14.6. The molecular formula is C32H45N9O11. The zero-order valence-corrected chi connectivity index (χ0v) is 27.9. The number of carbonyl (C=O) groups is 5. The number of aliphatic imine (C=N–C) groups is 1. The van der Waals surface area contributed by atoms with Crippen LogP contribution in [0.5, 0.6) is 11.5 Å². The Labute approximate surface area is 297 Å². The van der Waals surface area contributed by atoms with E-state index in [1.807, 2.05) is 0 Å². The number of aliphatic carboxylic acids is 1. The molecule has 1 aliphatic heterocycles. The average molecular weight is 732 g/mol. The van der Waals surface area contributed by atoms with Gasteiger partial charge in [-0.05, 0) is 53.8 Å². The van der Waals surface area contributed by atoms with Crippen molar-refractivity contribution in [3.8, 4) is 22.6 Å². The molecule has 0 spiro atoms. The Morgan fingerprint density at radius 2 is 1.62 bits per heavy atom. The quantitative estimate of drug-likeness (QED) is 0.0524. The number of nitrogens with two attached hydrogens (primary N) is 4. The summed E-state index contributed by atoms with van der Waals surface area (Å²) in [5.41, 5.74) is 23.2. The molecular weight excluding hydrogens is 686 g/mol. The van der Waals surface area contributed by atoms with E-state index in [4.69, 9.17) is 22.9 Å². The number of phenolic OH excluding ortho intramolecular Hbond substituents is 2. The zero-order chi connectivity index (χ0) is 38.7. The van der Waals surface area contributed by atoms with Crippen LogP contribution in [-0.2, 0) is 30.4 Å². The number of aromatic hydroxyl groups is 2. The van der Waals surface area contributed by atoms with E-state index in [0.717, 1.165) is 0 Å². The summed E-state index contributed by atoms with van der Waals surface area (Å²) in [6, 6.07) is 0.179. The second kappa shape index (κ2) is 18.6. The molecule has 18 N–H and O–H groups in total. The van der Waals surface area contributed by atoms with Crippen LogP contribution in [0.1, 0.15) is 36.5 Å². The molecule has 0 fully saturated rings. The van der Waals surface area contributed by atoms with Gasteiger partial charge in [-0.25, -0.2) is 4.79 Å². The van der Waals surface area contributed by atoms with Crippen molar-refractivity contribution in [2.75, 3.05) is 19.7 Å². The van der Waals surface area contributed by atoms with Gasteiger partial charge < -0.3 is 74.8 Å². The van der Waals surface area contributed by atoms with E-state index in [0.29, 0.717) is 11.1 Å². The summed E-state index contributed by atoms with van der Waals surface area (Å²) in [7, 11) is 0. The van der Waals surface area contributed by atoms with Gasteiger partial charge >= 0.3 is 5.97 Å². The molecule has 2 aromatic carbocycles. The highest BCUT2D eigenvalue weighted by atomic mass is 16.4. The molecule has 2 aromatic rings. The largest absolute Gasteiger partial charge is 0.508 e. The predicted octanol–water partition coefficient (Wildman–Crippen LogP) is -4.54. The number of amides is 4. The number of aliphatic hydroxyl groups excluding tert-OH is 3. The van der Waals surface area contributed by atoms with Gasteiger partial charge in [0.1, 0.15) is 41.8 Å². The number of carboxylic acid groups (broad SMARTS) is 1. The summed E-state index contributed by atoms with van der Waals surface area (Å²) in [5.74, 6) is -6.78. The van der Waals surface area contributed by atoms with E-state index in [2.05, 4.69) is 26.3 Å². The van der Waals surface area contributed by atoms with Gasteiger partial charge in [-0.15, -0.1) is 0 Å². The molecule has 0 aliphatic carbocycles. The molecule has 0 unspecified atom stereocenters. The van der Waals surface area contributed by atoms with Gasteiger partial charge in [0.05, 0.1) is 18.8 Å². The van der Waals surface area contributed by atoms with E-state index in [-0.39, 0.29) is 55.2 Å². The van der Waals surface area contributed by atoms with Gasteiger partial charge in [-0.3, -0.25) is 24.2 Å². The summed E-state index contributed by atoms with van der Waals surface area (Å²) in [4.78, 5) is 69.5. The number of rotatable bonds is 13. The maximum absolute atomic E-state index is 14.0. The molecule has 20 heteroatoms. The topological polar surface area (TPSA) is 371 Å². The van der Waals surface area contributed by atoms with Crippen LogP contribution in [0.3, 0.4) is 0 Å². The van der Waals surface area contributed by atoms with Crippen LogP contribution in [0.4, 0.5) is 0 Å². The van der Waals surface area contributed by atoms with Gasteiger partial charge in [0.2, 0.25) is 23.6 Å². The standard InChI is InChI=1S/C32H45N9O11/c33-12-17(43)11-21-29(49)41-25(30(50)38-20(2-1-7-37-32(35)36)28(48)40-22(13-42)31(51)52)26(46)18-9-15(4-6-24(18)45)14-3-5-23(44)16(8-14)10-19(34)27(47)39-21/h3-6,8-9,17,19-22,25-26,42-46H,1-2,7,10-13,33-34H2,(H,38,50)(H,39,47)(H,40,48)(H,41,49)(H,51,52)(H4,35,36,37)/t17-,19+,20+,21+,22+,25+,26-/m0/s1. The highest BCUT2D eigenvalue weighted by molar-refractivity contribution is 5.96. The Morgan fingerprint density at radius 1 is 0.962 bits per heavy atom. The van der Waals surface area contributed by atoms with Crippen molar-refractivity contribution < 1.29 is 54.6 Å². The zero-order valence-electron chi connectivity index (χ0n) is 27.9. The molecule has 0 radical (unpaired) electrons.